The zero-order chi connectivity index (χ0) is 23.3. The summed E-state index contributed by atoms with van der Waals surface area (Å²) < 4.78 is 5.88. The number of hydrogen-bond donors (Lipinski definition) is 1. The Hall–Kier alpha value is -2.35. The van der Waals surface area contributed by atoms with Crippen LogP contribution >= 0.6 is 0 Å². The average molecular weight is 446 g/mol. The number of piperidine rings is 1. The van der Waals surface area contributed by atoms with E-state index in [1.807, 2.05) is 24.3 Å². The third-order valence-electron chi connectivity index (χ3n) is 7.30. The van der Waals surface area contributed by atoms with Crippen molar-refractivity contribution in [3.8, 4) is 11.8 Å². The second kappa shape index (κ2) is 10.3. The van der Waals surface area contributed by atoms with Crippen molar-refractivity contribution in [3.63, 3.8) is 0 Å². The maximum absolute atomic E-state index is 8.91. The number of benzene rings is 2. The number of fused-ring (bicyclic) bond motifs is 1. The van der Waals surface area contributed by atoms with Crippen molar-refractivity contribution in [3.05, 3.63) is 65.2 Å². The first-order valence-electron chi connectivity index (χ1n) is 12.6. The molecule has 1 fully saturated rings. The van der Waals surface area contributed by atoms with Gasteiger partial charge in [0.2, 0.25) is 0 Å². The molecule has 33 heavy (non-hydrogen) atoms. The van der Waals surface area contributed by atoms with Gasteiger partial charge in [-0.1, -0.05) is 45.0 Å². The van der Waals surface area contributed by atoms with E-state index in [1.165, 1.54) is 19.3 Å². The minimum absolute atomic E-state index is 0.0951. The molecule has 4 rings (SSSR count). The van der Waals surface area contributed by atoms with Gasteiger partial charge in [-0.25, -0.2) is 0 Å². The Morgan fingerprint density at radius 1 is 1.09 bits per heavy atom. The molecular weight excluding hydrogens is 406 g/mol. The topological polar surface area (TPSA) is 48.3 Å². The monoisotopic (exact) mass is 445 g/mol. The summed E-state index contributed by atoms with van der Waals surface area (Å²) in [7, 11) is 0. The number of rotatable bonds is 7. The number of hydrogen-bond acceptors (Lipinski definition) is 4. The molecule has 0 aliphatic carbocycles. The smallest absolute Gasteiger partial charge is 0.119 e. The Morgan fingerprint density at radius 3 is 2.52 bits per heavy atom. The normalized spacial score (nSPS) is 21.9. The summed E-state index contributed by atoms with van der Waals surface area (Å²) in [6, 6.07) is 18.7. The zero-order valence-corrected chi connectivity index (χ0v) is 20.6. The van der Waals surface area contributed by atoms with Gasteiger partial charge < -0.3 is 15.0 Å². The van der Waals surface area contributed by atoms with Crippen molar-refractivity contribution in [2.45, 2.75) is 58.4 Å². The second-order valence-electron chi connectivity index (χ2n) is 11.0. The quantitative estimate of drug-likeness (QED) is 0.570. The SMILES string of the molecule is CC(C)(C)CC1(C2CCN(CCCOc3ccc(C#N)cc3)CC2)NCCc2ccccc21. The van der Waals surface area contributed by atoms with Gasteiger partial charge in [0, 0.05) is 18.6 Å². The highest BCUT2D eigenvalue weighted by molar-refractivity contribution is 5.38. The molecular formula is C29H39N3O. The van der Waals surface area contributed by atoms with E-state index in [2.05, 4.69) is 61.3 Å². The molecule has 0 bridgehead atoms. The standard InChI is InChI=1S/C29H39N3O/c1-28(2,3)22-29(27-8-5-4-7-24(27)13-16-31-29)25-14-18-32(19-15-25)17-6-20-33-26-11-9-23(21-30)10-12-26/h4-5,7-12,25,31H,6,13-20,22H2,1-3H3. The van der Waals surface area contributed by atoms with Crippen molar-refractivity contribution in [2.75, 3.05) is 32.8 Å². The molecule has 0 saturated carbocycles. The molecule has 0 amide bonds. The lowest BCUT2D eigenvalue weighted by Crippen LogP contribution is -2.56. The van der Waals surface area contributed by atoms with Crippen molar-refractivity contribution in [1.82, 2.24) is 10.2 Å². The molecule has 1 atom stereocenters. The molecule has 176 valence electrons. The molecule has 4 heteroatoms. The molecule has 1 unspecified atom stereocenters. The first kappa shape index (κ1) is 23.8. The summed E-state index contributed by atoms with van der Waals surface area (Å²) in [5.74, 6) is 1.52. The number of nitrogens with one attached hydrogen (secondary N) is 1. The average Bonchev–Trinajstić information content (AvgIpc) is 2.82. The molecule has 4 nitrogen and oxygen atoms in total. The van der Waals surface area contributed by atoms with Crippen LogP contribution in [0.5, 0.6) is 5.75 Å². The minimum Gasteiger partial charge on any atom is -0.494 e. The van der Waals surface area contributed by atoms with Gasteiger partial charge in [-0.3, -0.25) is 0 Å². The van der Waals surface area contributed by atoms with E-state index >= 15 is 0 Å². The van der Waals surface area contributed by atoms with Crippen LogP contribution in [-0.2, 0) is 12.0 Å². The molecule has 2 aromatic rings. The molecule has 2 aliphatic heterocycles. The summed E-state index contributed by atoms with van der Waals surface area (Å²) in [4.78, 5) is 2.61. The summed E-state index contributed by atoms with van der Waals surface area (Å²) in [5, 5.41) is 13.0. The van der Waals surface area contributed by atoms with Gasteiger partial charge in [-0.05, 0) is 91.9 Å². The molecule has 1 saturated heterocycles. The van der Waals surface area contributed by atoms with E-state index in [0.717, 1.165) is 44.8 Å². The van der Waals surface area contributed by atoms with Gasteiger partial charge in [0.25, 0.3) is 0 Å². The van der Waals surface area contributed by atoms with Crippen LogP contribution in [0, 0.1) is 22.7 Å². The highest BCUT2D eigenvalue weighted by atomic mass is 16.5. The Labute approximate surface area is 199 Å². The van der Waals surface area contributed by atoms with Crippen molar-refractivity contribution in [1.29, 1.82) is 5.26 Å². The van der Waals surface area contributed by atoms with Crippen LogP contribution < -0.4 is 10.1 Å². The minimum atomic E-state index is 0.0951. The third kappa shape index (κ3) is 5.78. The maximum Gasteiger partial charge on any atom is 0.119 e. The Kier molecular flexibility index (Phi) is 7.41. The predicted octanol–water partition coefficient (Wildman–Crippen LogP) is 5.52. The van der Waals surface area contributed by atoms with E-state index in [9.17, 15) is 0 Å². The van der Waals surface area contributed by atoms with Crippen LogP contribution in [-0.4, -0.2) is 37.7 Å². The van der Waals surface area contributed by atoms with Crippen LogP contribution in [0.4, 0.5) is 0 Å². The van der Waals surface area contributed by atoms with Crippen LogP contribution in [0.3, 0.4) is 0 Å². The molecule has 0 aromatic heterocycles. The highest BCUT2D eigenvalue weighted by Crippen LogP contribution is 2.46. The van der Waals surface area contributed by atoms with Crippen LogP contribution in [0.15, 0.2) is 48.5 Å². The van der Waals surface area contributed by atoms with E-state index in [-0.39, 0.29) is 11.0 Å². The molecule has 0 radical (unpaired) electrons. The fourth-order valence-electron chi connectivity index (χ4n) is 5.95. The van der Waals surface area contributed by atoms with Crippen LogP contribution in [0.1, 0.15) is 63.1 Å². The third-order valence-corrected chi connectivity index (χ3v) is 7.30. The first-order chi connectivity index (χ1) is 15.9. The van der Waals surface area contributed by atoms with Crippen LogP contribution in [0.25, 0.3) is 0 Å². The lowest BCUT2D eigenvalue weighted by Gasteiger charge is -2.51. The Bertz CT molecular complexity index is 948. The van der Waals surface area contributed by atoms with Crippen LogP contribution in [0.2, 0.25) is 0 Å². The molecule has 2 aromatic carbocycles. The molecule has 1 N–H and O–H groups in total. The van der Waals surface area contributed by atoms with Gasteiger partial charge in [-0.15, -0.1) is 0 Å². The number of nitrogens with zero attached hydrogens (tertiary/aromatic N) is 2. The maximum atomic E-state index is 8.91. The largest absolute Gasteiger partial charge is 0.494 e. The van der Waals surface area contributed by atoms with Crippen molar-refractivity contribution < 1.29 is 4.74 Å². The predicted molar refractivity (Wildman–Crippen MR) is 134 cm³/mol. The van der Waals surface area contributed by atoms with Crippen molar-refractivity contribution in [2.24, 2.45) is 11.3 Å². The van der Waals surface area contributed by atoms with Crippen molar-refractivity contribution >= 4 is 0 Å². The first-order valence-corrected chi connectivity index (χ1v) is 12.6. The summed E-state index contributed by atoms with van der Waals surface area (Å²) in [6.45, 7) is 12.4. The number of likely N-dealkylation sites (tertiary alicyclic amines) is 1. The molecule has 2 aliphatic rings. The Balaban J connectivity index is 1.33. The van der Waals surface area contributed by atoms with Gasteiger partial charge >= 0.3 is 0 Å². The lowest BCUT2D eigenvalue weighted by molar-refractivity contribution is 0.0653. The Morgan fingerprint density at radius 2 is 1.82 bits per heavy atom. The van der Waals surface area contributed by atoms with Gasteiger partial charge in [0.15, 0.2) is 0 Å². The van der Waals surface area contributed by atoms with E-state index in [1.54, 1.807) is 11.1 Å². The highest BCUT2D eigenvalue weighted by Gasteiger charge is 2.46. The number of ether oxygens (including phenoxy) is 1. The van der Waals surface area contributed by atoms with Gasteiger partial charge in [-0.2, -0.15) is 5.26 Å². The fourth-order valence-corrected chi connectivity index (χ4v) is 5.95. The molecule has 2 heterocycles. The van der Waals surface area contributed by atoms with E-state index in [4.69, 9.17) is 10.00 Å². The second-order valence-corrected chi connectivity index (χ2v) is 11.0. The summed E-state index contributed by atoms with van der Waals surface area (Å²) in [6.07, 6.45) is 5.83. The number of nitriles is 1. The van der Waals surface area contributed by atoms with E-state index in [0.29, 0.717) is 18.1 Å². The van der Waals surface area contributed by atoms with E-state index < -0.39 is 0 Å². The molecule has 0 spiro atoms. The summed E-state index contributed by atoms with van der Waals surface area (Å²) >= 11 is 0. The lowest BCUT2D eigenvalue weighted by atomic mass is 9.64. The zero-order valence-electron chi connectivity index (χ0n) is 20.6. The van der Waals surface area contributed by atoms with Gasteiger partial charge in [0.05, 0.1) is 18.2 Å². The fraction of sp³-hybridized carbons (Fsp3) is 0.552. The van der Waals surface area contributed by atoms with Gasteiger partial charge in [0.1, 0.15) is 5.75 Å². The summed E-state index contributed by atoms with van der Waals surface area (Å²) in [5.41, 5.74) is 4.14.